The minimum absolute atomic E-state index is 0.0160. The van der Waals surface area contributed by atoms with Crippen LogP contribution in [0.15, 0.2) is 18.2 Å². The Labute approximate surface area is 214 Å². The lowest BCUT2D eigenvalue weighted by atomic mass is 9.85. The third-order valence-electron chi connectivity index (χ3n) is 8.48. The predicted octanol–water partition coefficient (Wildman–Crippen LogP) is 3.09. The van der Waals surface area contributed by atoms with Crippen LogP contribution in [0.3, 0.4) is 0 Å². The molecule has 1 aromatic carbocycles. The molecule has 2 saturated carbocycles. The van der Waals surface area contributed by atoms with E-state index in [0.29, 0.717) is 31.1 Å². The quantitative estimate of drug-likeness (QED) is 0.656. The molecule has 196 valence electrons. The molecule has 0 atom stereocenters. The summed E-state index contributed by atoms with van der Waals surface area (Å²) in [5, 5.41) is 6.46. The third-order valence-corrected chi connectivity index (χ3v) is 8.48. The topological polar surface area (TPSA) is 85.0 Å². The summed E-state index contributed by atoms with van der Waals surface area (Å²) in [6, 6.07) is 5.76. The molecule has 4 fully saturated rings. The molecule has 2 heterocycles. The Kier molecular flexibility index (Phi) is 8.09. The van der Waals surface area contributed by atoms with Gasteiger partial charge < -0.3 is 25.3 Å². The first-order valence-corrected chi connectivity index (χ1v) is 14.1. The van der Waals surface area contributed by atoms with Crippen LogP contribution >= 0.6 is 0 Å². The standard InChI is InChI=1S/C28H41N5O3/c34-26(21-8-4-9-21)30-24-20-23(28(36)33-16-12-29-13-17-33)10-11-25(24)31-14-5-15-32(19-18-31)27(35)22-6-2-1-3-7-22/h10-11,20-22,29H,1-9,12-19H2,(H,30,34). The zero-order valence-electron chi connectivity index (χ0n) is 21.5. The number of nitrogens with zero attached hydrogens (tertiary/aromatic N) is 3. The average molecular weight is 496 g/mol. The summed E-state index contributed by atoms with van der Waals surface area (Å²) in [7, 11) is 0. The van der Waals surface area contributed by atoms with Crippen LogP contribution in [0.1, 0.15) is 68.1 Å². The molecule has 0 unspecified atom stereocenters. The van der Waals surface area contributed by atoms with Gasteiger partial charge in [0.15, 0.2) is 0 Å². The second-order valence-electron chi connectivity index (χ2n) is 10.9. The lowest BCUT2D eigenvalue weighted by Gasteiger charge is -2.30. The lowest BCUT2D eigenvalue weighted by Crippen LogP contribution is -2.46. The summed E-state index contributed by atoms with van der Waals surface area (Å²) >= 11 is 0. The number of anilines is 2. The Balaban J connectivity index is 1.32. The van der Waals surface area contributed by atoms with Crippen LogP contribution in [-0.2, 0) is 9.59 Å². The fourth-order valence-electron chi connectivity index (χ4n) is 5.99. The van der Waals surface area contributed by atoms with Crippen molar-refractivity contribution < 1.29 is 14.4 Å². The van der Waals surface area contributed by atoms with Gasteiger partial charge in [-0.15, -0.1) is 0 Å². The van der Waals surface area contributed by atoms with E-state index < -0.39 is 0 Å². The molecule has 1 aromatic rings. The summed E-state index contributed by atoms with van der Waals surface area (Å²) in [5.74, 6) is 0.656. The molecule has 5 rings (SSSR count). The number of benzene rings is 1. The highest BCUT2D eigenvalue weighted by Gasteiger charge is 2.30. The number of carbonyl (C=O) groups excluding carboxylic acids is 3. The van der Waals surface area contributed by atoms with Crippen LogP contribution in [0.5, 0.6) is 0 Å². The smallest absolute Gasteiger partial charge is 0.254 e. The van der Waals surface area contributed by atoms with Crippen molar-refractivity contribution in [2.75, 3.05) is 62.6 Å². The molecule has 2 aliphatic carbocycles. The van der Waals surface area contributed by atoms with E-state index in [1.54, 1.807) is 0 Å². The van der Waals surface area contributed by atoms with Crippen LogP contribution in [-0.4, -0.2) is 79.9 Å². The minimum atomic E-state index is 0.0160. The van der Waals surface area contributed by atoms with Crippen molar-refractivity contribution in [3.8, 4) is 0 Å². The number of nitrogens with one attached hydrogen (secondary N) is 2. The molecule has 0 spiro atoms. The Morgan fingerprint density at radius 3 is 2.22 bits per heavy atom. The Morgan fingerprint density at radius 1 is 0.750 bits per heavy atom. The summed E-state index contributed by atoms with van der Waals surface area (Å²) in [4.78, 5) is 45.5. The fourth-order valence-corrected chi connectivity index (χ4v) is 5.99. The normalized spacial score (nSPS) is 22.1. The molecule has 0 bridgehead atoms. The fraction of sp³-hybridized carbons (Fsp3) is 0.679. The van der Waals surface area contributed by atoms with Crippen LogP contribution in [0.2, 0.25) is 0 Å². The van der Waals surface area contributed by atoms with Gasteiger partial charge >= 0.3 is 0 Å². The highest BCUT2D eigenvalue weighted by atomic mass is 16.2. The Bertz CT molecular complexity index is 951. The highest BCUT2D eigenvalue weighted by molar-refractivity contribution is 6.00. The lowest BCUT2D eigenvalue weighted by molar-refractivity contribution is -0.136. The largest absolute Gasteiger partial charge is 0.368 e. The Hall–Kier alpha value is -2.61. The summed E-state index contributed by atoms with van der Waals surface area (Å²) in [6.07, 6.45) is 9.50. The number of amides is 3. The molecule has 8 heteroatoms. The van der Waals surface area contributed by atoms with Crippen LogP contribution in [0.25, 0.3) is 0 Å². The molecule has 3 amide bonds. The molecule has 2 N–H and O–H groups in total. The van der Waals surface area contributed by atoms with Gasteiger partial charge in [-0.3, -0.25) is 14.4 Å². The molecule has 36 heavy (non-hydrogen) atoms. The maximum Gasteiger partial charge on any atom is 0.254 e. The number of hydrogen-bond acceptors (Lipinski definition) is 5. The summed E-state index contributed by atoms with van der Waals surface area (Å²) in [6.45, 7) is 6.05. The van der Waals surface area contributed by atoms with E-state index in [4.69, 9.17) is 0 Å². The van der Waals surface area contributed by atoms with Crippen molar-refractivity contribution in [3.05, 3.63) is 23.8 Å². The molecule has 0 radical (unpaired) electrons. The van der Waals surface area contributed by atoms with Crippen molar-refractivity contribution in [2.45, 2.75) is 57.8 Å². The van der Waals surface area contributed by atoms with Crippen molar-refractivity contribution in [3.63, 3.8) is 0 Å². The second kappa shape index (κ2) is 11.6. The highest BCUT2D eigenvalue weighted by Crippen LogP contribution is 2.33. The van der Waals surface area contributed by atoms with Gasteiger partial charge in [0.05, 0.1) is 11.4 Å². The van der Waals surface area contributed by atoms with E-state index in [1.165, 1.54) is 19.3 Å². The summed E-state index contributed by atoms with van der Waals surface area (Å²) in [5.41, 5.74) is 2.29. The van der Waals surface area contributed by atoms with Crippen molar-refractivity contribution >= 4 is 29.1 Å². The van der Waals surface area contributed by atoms with E-state index in [9.17, 15) is 14.4 Å². The number of carbonyl (C=O) groups is 3. The van der Waals surface area contributed by atoms with Crippen molar-refractivity contribution in [1.82, 2.24) is 15.1 Å². The maximum atomic E-state index is 13.2. The molecular weight excluding hydrogens is 454 g/mol. The van der Waals surface area contributed by atoms with E-state index >= 15 is 0 Å². The van der Waals surface area contributed by atoms with Crippen LogP contribution in [0, 0.1) is 11.8 Å². The van der Waals surface area contributed by atoms with Gasteiger partial charge in [-0.25, -0.2) is 0 Å². The molecule has 2 aliphatic heterocycles. The van der Waals surface area contributed by atoms with E-state index in [1.807, 2.05) is 23.1 Å². The van der Waals surface area contributed by atoms with Gasteiger partial charge in [0.2, 0.25) is 11.8 Å². The molecule has 8 nitrogen and oxygen atoms in total. The molecular formula is C28H41N5O3. The number of hydrogen-bond donors (Lipinski definition) is 2. The maximum absolute atomic E-state index is 13.2. The van der Waals surface area contributed by atoms with Gasteiger partial charge in [-0.1, -0.05) is 25.7 Å². The SMILES string of the molecule is O=C(Nc1cc(C(=O)N2CCNCC2)ccc1N1CCCN(C(=O)C2CCCCC2)CC1)C1CCC1. The van der Waals surface area contributed by atoms with Crippen LogP contribution < -0.4 is 15.5 Å². The van der Waals surface area contributed by atoms with Gasteiger partial charge in [-0.05, 0) is 50.3 Å². The van der Waals surface area contributed by atoms with Gasteiger partial charge in [-0.2, -0.15) is 0 Å². The molecule has 0 aromatic heterocycles. The van der Waals surface area contributed by atoms with E-state index in [-0.39, 0.29) is 23.7 Å². The van der Waals surface area contributed by atoms with Crippen LogP contribution in [0.4, 0.5) is 11.4 Å². The zero-order chi connectivity index (χ0) is 24.9. The molecule has 4 aliphatic rings. The van der Waals surface area contributed by atoms with E-state index in [0.717, 1.165) is 82.6 Å². The first-order chi connectivity index (χ1) is 17.6. The Morgan fingerprint density at radius 2 is 1.50 bits per heavy atom. The first-order valence-electron chi connectivity index (χ1n) is 14.1. The monoisotopic (exact) mass is 495 g/mol. The number of piperazine rings is 1. The second-order valence-corrected chi connectivity index (χ2v) is 10.9. The first kappa shape index (κ1) is 25.1. The summed E-state index contributed by atoms with van der Waals surface area (Å²) < 4.78 is 0. The number of rotatable bonds is 5. The third kappa shape index (κ3) is 5.69. The van der Waals surface area contributed by atoms with Gasteiger partial charge in [0, 0.05) is 69.8 Å². The average Bonchev–Trinajstić information content (AvgIpc) is 3.14. The van der Waals surface area contributed by atoms with E-state index in [2.05, 4.69) is 20.4 Å². The van der Waals surface area contributed by atoms with Crippen molar-refractivity contribution in [1.29, 1.82) is 0 Å². The molecule has 2 saturated heterocycles. The van der Waals surface area contributed by atoms with Gasteiger partial charge in [0.1, 0.15) is 0 Å². The minimum Gasteiger partial charge on any atom is -0.368 e. The van der Waals surface area contributed by atoms with Crippen molar-refractivity contribution in [2.24, 2.45) is 11.8 Å². The predicted molar refractivity (Wildman–Crippen MR) is 141 cm³/mol. The zero-order valence-corrected chi connectivity index (χ0v) is 21.5. The van der Waals surface area contributed by atoms with Gasteiger partial charge in [0.25, 0.3) is 5.91 Å².